The Kier molecular flexibility index (Phi) is 8.16. The van der Waals surface area contributed by atoms with E-state index >= 15 is 0 Å². The lowest BCUT2D eigenvalue weighted by Crippen LogP contribution is -2.27. The van der Waals surface area contributed by atoms with E-state index in [1.54, 1.807) is 18.3 Å². The first-order valence-corrected chi connectivity index (χ1v) is 9.28. The van der Waals surface area contributed by atoms with Crippen LogP contribution in [0, 0.1) is 0 Å². The van der Waals surface area contributed by atoms with E-state index in [0.29, 0.717) is 28.8 Å². The third-order valence-corrected chi connectivity index (χ3v) is 4.39. The van der Waals surface area contributed by atoms with Gasteiger partial charge in [-0.05, 0) is 63.3 Å². The zero-order chi connectivity index (χ0) is 18.9. The van der Waals surface area contributed by atoms with Crippen molar-refractivity contribution < 1.29 is 4.79 Å². The minimum Gasteiger partial charge on any atom is -0.383 e. The highest BCUT2D eigenvalue weighted by Crippen LogP contribution is 2.21. The molecule has 1 heterocycles. The summed E-state index contributed by atoms with van der Waals surface area (Å²) >= 11 is 12.1. The molecule has 1 aromatic carbocycles. The lowest BCUT2D eigenvalue weighted by atomic mass is 10.1. The van der Waals surface area contributed by atoms with Gasteiger partial charge in [0.05, 0.1) is 11.9 Å². The van der Waals surface area contributed by atoms with Crippen LogP contribution in [-0.4, -0.2) is 49.5 Å². The minimum absolute atomic E-state index is 0.150. The fourth-order valence-corrected chi connectivity index (χ4v) is 2.89. The van der Waals surface area contributed by atoms with E-state index in [1.165, 1.54) is 0 Å². The molecule has 140 valence electrons. The highest BCUT2D eigenvalue weighted by atomic mass is 35.5. The van der Waals surface area contributed by atoms with Gasteiger partial charge in [0.1, 0.15) is 5.69 Å². The number of hydrogen-bond acceptors (Lipinski definition) is 4. The van der Waals surface area contributed by atoms with E-state index in [9.17, 15) is 4.79 Å². The van der Waals surface area contributed by atoms with Crippen LogP contribution in [0.15, 0.2) is 36.5 Å². The van der Waals surface area contributed by atoms with Crippen molar-refractivity contribution in [2.24, 2.45) is 0 Å². The lowest BCUT2D eigenvalue weighted by molar-refractivity contribution is 0.0947. The minimum atomic E-state index is -0.150. The van der Waals surface area contributed by atoms with Gasteiger partial charge in [-0.3, -0.25) is 4.79 Å². The molecule has 1 amide bonds. The average Bonchev–Trinajstić information content (AvgIpc) is 2.61. The third-order valence-electron chi connectivity index (χ3n) is 3.80. The van der Waals surface area contributed by atoms with Gasteiger partial charge in [-0.1, -0.05) is 29.3 Å². The van der Waals surface area contributed by atoms with E-state index in [-0.39, 0.29) is 5.91 Å². The maximum atomic E-state index is 12.0. The number of nitrogens with zero attached hydrogens (tertiary/aromatic N) is 2. The Labute approximate surface area is 164 Å². The second-order valence-corrected chi connectivity index (χ2v) is 7.10. The van der Waals surface area contributed by atoms with Gasteiger partial charge in [0, 0.05) is 23.1 Å². The molecule has 26 heavy (non-hydrogen) atoms. The van der Waals surface area contributed by atoms with E-state index in [0.717, 1.165) is 30.6 Å². The Morgan fingerprint density at radius 3 is 2.62 bits per heavy atom. The maximum absolute atomic E-state index is 12.0. The third kappa shape index (κ3) is 6.83. The number of halogens is 2. The van der Waals surface area contributed by atoms with E-state index in [2.05, 4.69) is 20.5 Å². The molecule has 0 aliphatic rings. The van der Waals surface area contributed by atoms with Crippen molar-refractivity contribution in [2.75, 3.05) is 39.0 Å². The molecule has 0 unspecified atom stereocenters. The Balaban J connectivity index is 1.77. The van der Waals surface area contributed by atoms with Crippen molar-refractivity contribution >= 4 is 34.8 Å². The molecule has 0 bridgehead atoms. The largest absolute Gasteiger partial charge is 0.383 e. The number of aromatic nitrogens is 1. The summed E-state index contributed by atoms with van der Waals surface area (Å²) in [6.45, 7) is 2.29. The molecule has 0 spiro atoms. The molecular weight excluding hydrogens is 371 g/mol. The van der Waals surface area contributed by atoms with Crippen molar-refractivity contribution in [1.29, 1.82) is 0 Å². The highest BCUT2D eigenvalue weighted by molar-refractivity contribution is 6.35. The van der Waals surface area contributed by atoms with Crippen LogP contribution in [0.25, 0.3) is 0 Å². The smallest absolute Gasteiger partial charge is 0.269 e. The Hall–Kier alpha value is -1.82. The molecule has 5 nitrogen and oxygen atoms in total. The molecule has 2 rings (SSSR count). The summed E-state index contributed by atoms with van der Waals surface area (Å²) in [7, 11) is 4.02. The Morgan fingerprint density at radius 2 is 1.96 bits per heavy atom. The summed E-state index contributed by atoms with van der Waals surface area (Å²) < 4.78 is 0. The monoisotopic (exact) mass is 394 g/mol. The van der Waals surface area contributed by atoms with Gasteiger partial charge in [-0.15, -0.1) is 0 Å². The van der Waals surface area contributed by atoms with Gasteiger partial charge < -0.3 is 15.5 Å². The van der Waals surface area contributed by atoms with Crippen molar-refractivity contribution in [3.8, 4) is 0 Å². The first-order valence-electron chi connectivity index (χ1n) is 8.52. The quantitative estimate of drug-likeness (QED) is 0.636. The molecule has 1 aromatic heterocycles. The molecule has 0 aliphatic carbocycles. The van der Waals surface area contributed by atoms with Gasteiger partial charge >= 0.3 is 0 Å². The lowest BCUT2D eigenvalue weighted by Gasteiger charge is -2.10. The van der Waals surface area contributed by atoms with Crippen molar-refractivity contribution in [3.05, 3.63) is 57.8 Å². The summed E-state index contributed by atoms with van der Waals surface area (Å²) in [4.78, 5) is 18.3. The molecule has 0 saturated heterocycles. The molecule has 0 saturated carbocycles. The summed E-state index contributed by atoms with van der Waals surface area (Å²) in [6.07, 6.45) is 3.34. The number of nitrogens with one attached hydrogen (secondary N) is 2. The van der Waals surface area contributed by atoms with Gasteiger partial charge in [0.15, 0.2) is 0 Å². The SMILES string of the molecule is CN(C)CCCNC(=O)c1ccc(NCCc2ccc(Cl)cc2Cl)cn1. The summed E-state index contributed by atoms with van der Waals surface area (Å²) in [5.41, 5.74) is 2.31. The van der Waals surface area contributed by atoms with Crippen molar-refractivity contribution in [2.45, 2.75) is 12.8 Å². The van der Waals surface area contributed by atoms with Crippen LogP contribution in [0.3, 0.4) is 0 Å². The predicted molar refractivity (Wildman–Crippen MR) is 108 cm³/mol. The van der Waals surface area contributed by atoms with Crippen LogP contribution in [0.1, 0.15) is 22.5 Å². The zero-order valence-corrected chi connectivity index (χ0v) is 16.6. The average molecular weight is 395 g/mol. The summed E-state index contributed by atoms with van der Waals surface area (Å²) in [6, 6.07) is 9.07. The van der Waals surface area contributed by atoms with E-state index in [4.69, 9.17) is 23.2 Å². The summed E-state index contributed by atoms with van der Waals surface area (Å²) in [5.74, 6) is -0.150. The summed E-state index contributed by atoms with van der Waals surface area (Å²) in [5, 5.41) is 7.45. The second kappa shape index (κ2) is 10.4. The number of carbonyl (C=O) groups excluding carboxylic acids is 1. The zero-order valence-electron chi connectivity index (χ0n) is 15.1. The number of hydrogen-bond donors (Lipinski definition) is 2. The fraction of sp³-hybridized carbons (Fsp3) is 0.368. The Bertz CT molecular complexity index is 720. The number of anilines is 1. The normalized spacial score (nSPS) is 10.8. The van der Waals surface area contributed by atoms with Gasteiger partial charge in [-0.25, -0.2) is 4.98 Å². The first kappa shape index (κ1) is 20.5. The molecule has 7 heteroatoms. The van der Waals surface area contributed by atoms with Crippen LogP contribution in [0.5, 0.6) is 0 Å². The fourth-order valence-electron chi connectivity index (χ4n) is 2.39. The standard InChI is InChI=1S/C19H24Cl2N4O/c1-25(2)11-3-9-23-19(26)18-7-6-16(13-24-18)22-10-8-14-4-5-15(20)12-17(14)21/h4-7,12-13,22H,3,8-11H2,1-2H3,(H,23,26). The van der Waals surface area contributed by atoms with Gasteiger partial charge in [-0.2, -0.15) is 0 Å². The van der Waals surface area contributed by atoms with Crippen LogP contribution in [-0.2, 0) is 6.42 Å². The van der Waals surface area contributed by atoms with Gasteiger partial charge in [0.25, 0.3) is 5.91 Å². The molecule has 0 atom stereocenters. The first-order chi connectivity index (χ1) is 12.5. The second-order valence-electron chi connectivity index (χ2n) is 6.26. The van der Waals surface area contributed by atoms with Crippen LogP contribution in [0.2, 0.25) is 10.0 Å². The van der Waals surface area contributed by atoms with Crippen molar-refractivity contribution in [1.82, 2.24) is 15.2 Å². The van der Waals surface area contributed by atoms with Gasteiger partial charge in [0.2, 0.25) is 0 Å². The molecule has 2 N–H and O–H groups in total. The Morgan fingerprint density at radius 1 is 1.15 bits per heavy atom. The van der Waals surface area contributed by atoms with E-state index < -0.39 is 0 Å². The van der Waals surface area contributed by atoms with E-state index in [1.807, 2.05) is 32.3 Å². The number of pyridine rings is 1. The van der Waals surface area contributed by atoms with Crippen molar-refractivity contribution in [3.63, 3.8) is 0 Å². The number of rotatable bonds is 9. The highest BCUT2D eigenvalue weighted by Gasteiger charge is 2.07. The van der Waals surface area contributed by atoms with Crippen LogP contribution < -0.4 is 10.6 Å². The molecule has 2 aromatic rings. The maximum Gasteiger partial charge on any atom is 0.269 e. The van der Waals surface area contributed by atoms with Crippen LogP contribution >= 0.6 is 23.2 Å². The number of carbonyl (C=O) groups is 1. The predicted octanol–water partition coefficient (Wildman–Crippen LogP) is 3.72. The molecular formula is C19H24Cl2N4O. The van der Waals surface area contributed by atoms with Crippen LogP contribution in [0.4, 0.5) is 5.69 Å². The molecule has 0 aliphatic heterocycles. The topological polar surface area (TPSA) is 57.3 Å². The number of amides is 1. The molecule has 0 fully saturated rings. The number of benzene rings is 1. The molecule has 0 radical (unpaired) electrons.